The molecular weight excluding hydrogens is 242 g/mol. The van der Waals surface area contributed by atoms with Crippen LogP contribution in [-0.2, 0) is 18.3 Å². The van der Waals surface area contributed by atoms with E-state index in [0.717, 1.165) is 24.9 Å². The van der Waals surface area contributed by atoms with Gasteiger partial charge in [-0.2, -0.15) is 5.10 Å². The fourth-order valence-electron chi connectivity index (χ4n) is 2.33. The van der Waals surface area contributed by atoms with Crippen LogP contribution in [0.1, 0.15) is 12.1 Å². The molecule has 1 saturated heterocycles. The quantitative estimate of drug-likeness (QED) is 0.796. The third-order valence-electron chi connectivity index (χ3n) is 3.56. The molecule has 5 heteroatoms. The minimum absolute atomic E-state index is 0.0857. The van der Waals surface area contributed by atoms with Gasteiger partial charge in [0.05, 0.1) is 17.5 Å². The standard InChI is InChI=1S/C14H15N3O2/c1-16-14(19)11-6-3-2-5-10(11)12(15-16)9-13(18)17-7-4-8-17/h2-3,5-6H,4,7-9H2,1H3. The molecule has 1 amide bonds. The summed E-state index contributed by atoms with van der Waals surface area (Å²) < 4.78 is 1.31. The Hall–Kier alpha value is -2.17. The second kappa shape index (κ2) is 4.50. The first-order chi connectivity index (χ1) is 9.16. The van der Waals surface area contributed by atoms with Gasteiger partial charge < -0.3 is 4.90 Å². The molecule has 2 aromatic rings. The average molecular weight is 257 g/mol. The lowest BCUT2D eigenvalue weighted by Crippen LogP contribution is -2.43. The number of fused-ring (bicyclic) bond motifs is 1. The van der Waals surface area contributed by atoms with Crippen molar-refractivity contribution in [2.24, 2.45) is 7.05 Å². The van der Waals surface area contributed by atoms with Gasteiger partial charge in [-0.25, -0.2) is 4.68 Å². The van der Waals surface area contributed by atoms with Crippen molar-refractivity contribution in [3.8, 4) is 0 Å². The second-order valence-corrected chi connectivity index (χ2v) is 4.83. The van der Waals surface area contributed by atoms with Crippen molar-refractivity contribution in [1.29, 1.82) is 0 Å². The van der Waals surface area contributed by atoms with Crippen molar-refractivity contribution in [2.75, 3.05) is 13.1 Å². The minimum Gasteiger partial charge on any atom is -0.342 e. The SMILES string of the molecule is Cn1nc(CC(=O)N2CCC2)c2ccccc2c1=O. The van der Waals surface area contributed by atoms with Gasteiger partial charge in [0.15, 0.2) is 0 Å². The van der Waals surface area contributed by atoms with Crippen molar-refractivity contribution in [1.82, 2.24) is 14.7 Å². The van der Waals surface area contributed by atoms with Gasteiger partial charge in [0.1, 0.15) is 0 Å². The summed E-state index contributed by atoms with van der Waals surface area (Å²) in [5, 5.41) is 5.63. The highest BCUT2D eigenvalue weighted by molar-refractivity contribution is 5.88. The fourth-order valence-corrected chi connectivity index (χ4v) is 2.33. The van der Waals surface area contributed by atoms with Crippen LogP contribution in [0.2, 0.25) is 0 Å². The first-order valence-electron chi connectivity index (χ1n) is 6.39. The zero-order valence-electron chi connectivity index (χ0n) is 10.8. The van der Waals surface area contributed by atoms with Crippen molar-refractivity contribution in [3.05, 3.63) is 40.3 Å². The molecule has 1 aromatic carbocycles. The van der Waals surface area contributed by atoms with E-state index in [9.17, 15) is 9.59 Å². The zero-order chi connectivity index (χ0) is 13.4. The highest BCUT2D eigenvalue weighted by atomic mass is 16.2. The molecule has 0 N–H and O–H groups in total. The predicted molar refractivity (Wildman–Crippen MR) is 71.9 cm³/mol. The van der Waals surface area contributed by atoms with Crippen LogP contribution in [0.25, 0.3) is 10.8 Å². The number of carbonyl (C=O) groups excluding carboxylic acids is 1. The van der Waals surface area contributed by atoms with Crippen LogP contribution in [0.4, 0.5) is 0 Å². The molecule has 2 heterocycles. The molecule has 1 aromatic heterocycles. The molecule has 0 spiro atoms. The van der Waals surface area contributed by atoms with Crippen LogP contribution in [0.5, 0.6) is 0 Å². The molecule has 0 saturated carbocycles. The number of amides is 1. The van der Waals surface area contributed by atoms with E-state index in [1.807, 2.05) is 23.1 Å². The van der Waals surface area contributed by atoms with Crippen molar-refractivity contribution in [3.63, 3.8) is 0 Å². The Bertz CT molecular complexity index is 701. The number of aryl methyl sites for hydroxylation is 1. The minimum atomic E-state index is -0.129. The van der Waals surface area contributed by atoms with Crippen molar-refractivity contribution >= 4 is 16.7 Å². The van der Waals surface area contributed by atoms with Gasteiger partial charge in [-0.1, -0.05) is 18.2 Å². The topological polar surface area (TPSA) is 55.2 Å². The van der Waals surface area contributed by atoms with Crippen LogP contribution >= 0.6 is 0 Å². The van der Waals surface area contributed by atoms with E-state index >= 15 is 0 Å². The van der Waals surface area contributed by atoms with Gasteiger partial charge in [-0.3, -0.25) is 9.59 Å². The normalized spacial score (nSPS) is 14.5. The first kappa shape index (κ1) is 11.9. The number of carbonyl (C=O) groups is 1. The Kier molecular flexibility index (Phi) is 2.81. The van der Waals surface area contributed by atoms with Gasteiger partial charge in [0, 0.05) is 25.5 Å². The summed E-state index contributed by atoms with van der Waals surface area (Å²) in [5.74, 6) is 0.0857. The number of rotatable bonds is 2. The fraction of sp³-hybridized carbons (Fsp3) is 0.357. The molecule has 0 bridgehead atoms. The van der Waals surface area contributed by atoms with Crippen LogP contribution in [-0.4, -0.2) is 33.7 Å². The van der Waals surface area contributed by atoms with E-state index in [4.69, 9.17) is 0 Å². The summed E-state index contributed by atoms with van der Waals surface area (Å²) >= 11 is 0. The third kappa shape index (κ3) is 2.01. The van der Waals surface area contributed by atoms with Crippen molar-refractivity contribution < 1.29 is 4.79 Å². The smallest absolute Gasteiger partial charge is 0.274 e. The number of hydrogen-bond donors (Lipinski definition) is 0. The summed E-state index contributed by atoms with van der Waals surface area (Å²) in [6, 6.07) is 7.31. The van der Waals surface area contributed by atoms with Crippen LogP contribution < -0.4 is 5.56 Å². The van der Waals surface area contributed by atoms with Gasteiger partial charge in [-0.05, 0) is 12.5 Å². The number of likely N-dealkylation sites (tertiary alicyclic amines) is 1. The van der Waals surface area contributed by atoms with Gasteiger partial charge >= 0.3 is 0 Å². The monoisotopic (exact) mass is 257 g/mol. The lowest BCUT2D eigenvalue weighted by Gasteiger charge is -2.30. The first-order valence-corrected chi connectivity index (χ1v) is 6.39. The van der Waals surface area contributed by atoms with E-state index in [1.54, 1.807) is 13.1 Å². The number of benzene rings is 1. The molecule has 1 fully saturated rings. The molecule has 0 atom stereocenters. The van der Waals surface area contributed by atoms with E-state index in [2.05, 4.69) is 5.10 Å². The molecule has 1 aliphatic rings. The summed E-state index contributed by atoms with van der Waals surface area (Å²) in [6.45, 7) is 1.67. The lowest BCUT2D eigenvalue weighted by atomic mass is 10.1. The lowest BCUT2D eigenvalue weighted by molar-refractivity contribution is -0.133. The molecule has 1 aliphatic heterocycles. The summed E-state index contributed by atoms with van der Waals surface area (Å²) in [7, 11) is 1.62. The Morgan fingerprint density at radius 2 is 1.95 bits per heavy atom. The summed E-state index contributed by atoms with van der Waals surface area (Å²) in [4.78, 5) is 25.8. The number of hydrogen-bond acceptors (Lipinski definition) is 3. The molecule has 0 unspecified atom stereocenters. The van der Waals surface area contributed by atoms with Crippen molar-refractivity contribution in [2.45, 2.75) is 12.8 Å². The maximum Gasteiger partial charge on any atom is 0.274 e. The largest absolute Gasteiger partial charge is 0.342 e. The van der Waals surface area contributed by atoms with Gasteiger partial charge in [0.25, 0.3) is 5.56 Å². The van der Waals surface area contributed by atoms with Gasteiger partial charge in [-0.15, -0.1) is 0 Å². The van der Waals surface area contributed by atoms with E-state index < -0.39 is 0 Å². The average Bonchev–Trinajstić information content (AvgIpc) is 2.33. The molecule has 98 valence electrons. The predicted octanol–water partition coefficient (Wildman–Crippen LogP) is 0.708. The van der Waals surface area contributed by atoms with E-state index in [-0.39, 0.29) is 17.9 Å². The number of aromatic nitrogens is 2. The molecule has 19 heavy (non-hydrogen) atoms. The Morgan fingerprint density at radius 1 is 1.26 bits per heavy atom. The number of nitrogens with zero attached hydrogens (tertiary/aromatic N) is 3. The van der Waals surface area contributed by atoms with E-state index in [1.165, 1.54) is 4.68 Å². The molecule has 0 radical (unpaired) electrons. The van der Waals surface area contributed by atoms with E-state index in [0.29, 0.717) is 11.1 Å². The Balaban J connectivity index is 2.05. The van der Waals surface area contributed by atoms with Crippen LogP contribution in [0, 0.1) is 0 Å². The van der Waals surface area contributed by atoms with Crippen LogP contribution in [0.15, 0.2) is 29.1 Å². The zero-order valence-corrected chi connectivity index (χ0v) is 10.8. The molecule has 5 nitrogen and oxygen atoms in total. The maximum absolute atomic E-state index is 12.0. The Labute approximate surface area is 110 Å². The maximum atomic E-state index is 12.0. The van der Waals surface area contributed by atoms with Gasteiger partial charge in [0.2, 0.25) is 5.91 Å². The molecular formula is C14H15N3O2. The summed E-state index contributed by atoms with van der Waals surface area (Å²) in [5.41, 5.74) is 0.547. The highest BCUT2D eigenvalue weighted by Crippen LogP contribution is 2.15. The van der Waals surface area contributed by atoms with Crippen LogP contribution in [0.3, 0.4) is 0 Å². The highest BCUT2D eigenvalue weighted by Gasteiger charge is 2.22. The molecule has 3 rings (SSSR count). The Morgan fingerprint density at radius 3 is 2.58 bits per heavy atom. The summed E-state index contributed by atoms with van der Waals surface area (Å²) in [6.07, 6.45) is 1.34. The second-order valence-electron chi connectivity index (χ2n) is 4.83. The molecule has 0 aliphatic carbocycles. The third-order valence-corrected chi connectivity index (χ3v) is 3.56.